The number of carbonyl (C=O) groups is 2. The summed E-state index contributed by atoms with van der Waals surface area (Å²) in [4.78, 5) is 41.9. The molecule has 0 bridgehead atoms. The molecule has 9 heteroatoms. The van der Waals surface area contributed by atoms with E-state index in [1.54, 1.807) is 17.0 Å². The smallest absolute Gasteiger partial charge is 0.293 e. The zero-order valence-electron chi connectivity index (χ0n) is 18.0. The number of carbonyl (C=O) groups excluding carboxylic acids is 2. The summed E-state index contributed by atoms with van der Waals surface area (Å²) in [6, 6.07) is 4.72. The van der Waals surface area contributed by atoms with Crippen molar-refractivity contribution in [2.75, 3.05) is 57.3 Å². The fraction of sp³-hybridized carbons (Fsp3) is 0.619. The molecule has 0 atom stereocenters. The van der Waals surface area contributed by atoms with E-state index in [2.05, 4.69) is 5.32 Å². The zero-order valence-corrected chi connectivity index (χ0v) is 18.0. The van der Waals surface area contributed by atoms with Crippen molar-refractivity contribution in [2.45, 2.75) is 27.2 Å². The molecular formula is C21H31N5O4. The van der Waals surface area contributed by atoms with Crippen molar-refractivity contribution in [3.63, 3.8) is 0 Å². The highest BCUT2D eigenvalue weighted by Crippen LogP contribution is 2.31. The highest BCUT2D eigenvalue weighted by atomic mass is 16.6. The lowest BCUT2D eigenvalue weighted by atomic mass is 9.91. The number of rotatable bonds is 4. The van der Waals surface area contributed by atoms with Crippen molar-refractivity contribution in [1.82, 2.24) is 15.1 Å². The minimum absolute atomic E-state index is 0.0644. The van der Waals surface area contributed by atoms with E-state index in [0.717, 1.165) is 13.1 Å². The van der Waals surface area contributed by atoms with Crippen molar-refractivity contribution >= 4 is 23.2 Å². The molecule has 2 saturated heterocycles. The molecule has 1 aromatic rings. The predicted molar refractivity (Wildman–Crippen MR) is 115 cm³/mol. The number of benzene rings is 1. The first-order valence-corrected chi connectivity index (χ1v) is 10.5. The molecule has 2 fully saturated rings. The van der Waals surface area contributed by atoms with Crippen LogP contribution < -0.4 is 10.2 Å². The van der Waals surface area contributed by atoms with Gasteiger partial charge in [0.15, 0.2) is 0 Å². The number of anilines is 1. The SMILES string of the molecule is CC(C)(C)CC(=O)N1CCN(c2ccc(C(=O)N3CCNCC3)cc2[N+](=O)[O-])CC1. The summed E-state index contributed by atoms with van der Waals surface area (Å²) >= 11 is 0. The van der Waals surface area contributed by atoms with Crippen molar-refractivity contribution in [3.05, 3.63) is 33.9 Å². The predicted octanol–water partition coefficient (Wildman–Crippen LogP) is 1.73. The summed E-state index contributed by atoms with van der Waals surface area (Å²) in [6.07, 6.45) is 0.482. The third-order valence-corrected chi connectivity index (χ3v) is 5.48. The Bertz CT molecular complexity index is 806. The minimum Gasteiger partial charge on any atom is -0.362 e. The molecule has 0 radical (unpaired) electrons. The molecule has 0 aromatic heterocycles. The normalized spacial score (nSPS) is 17.8. The lowest BCUT2D eigenvalue weighted by molar-refractivity contribution is -0.384. The molecule has 9 nitrogen and oxygen atoms in total. The molecule has 0 unspecified atom stereocenters. The molecule has 3 rings (SSSR count). The third kappa shape index (κ3) is 5.27. The lowest BCUT2D eigenvalue weighted by Gasteiger charge is -2.37. The van der Waals surface area contributed by atoms with Gasteiger partial charge in [0.25, 0.3) is 11.6 Å². The summed E-state index contributed by atoms with van der Waals surface area (Å²) in [7, 11) is 0. The van der Waals surface area contributed by atoms with Crippen LogP contribution in [-0.4, -0.2) is 78.9 Å². The highest BCUT2D eigenvalue weighted by Gasteiger charge is 2.29. The van der Waals surface area contributed by atoms with Crippen LogP contribution in [0.1, 0.15) is 37.6 Å². The number of nitro benzene ring substituents is 1. The van der Waals surface area contributed by atoms with Gasteiger partial charge in [0.1, 0.15) is 5.69 Å². The Kier molecular flexibility index (Phi) is 6.60. The van der Waals surface area contributed by atoms with Gasteiger partial charge in [0, 0.05) is 70.4 Å². The maximum absolute atomic E-state index is 12.7. The van der Waals surface area contributed by atoms with Crippen LogP contribution in [-0.2, 0) is 4.79 Å². The lowest BCUT2D eigenvalue weighted by Crippen LogP contribution is -2.49. The number of piperazine rings is 2. The molecule has 0 aliphatic carbocycles. The van der Waals surface area contributed by atoms with Crippen LogP contribution >= 0.6 is 0 Å². The Hall–Kier alpha value is -2.68. The van der Waals surface area contributed by atoms with E-state index in [1.807, 2.05) is 30.6 Å². The molecule has 1 aromatic carbocycles. The Labute approximate surface area is 177 Å². The van der Waals surface area contributed by atoms with Gasteiger partial charge in [0.05, 0.1) is 4.92 Å². The van der Waals surface area contributed by atoms with Crippen molar-refractivity contribution < 1.29 is 14.5 Å². The zero-order chi connectivity index (χ0) is 21.9. The minimum atomic E-state index is -0.430. The molecule has 0 saturated carbocycles. The quantitative estimate of drug-likeness (QED) is 0.592. The van der Waals surface area contributed by atoms with Crippen LogP contribution in [0, 0.1) is 15.5 Å². The third-order valence-electron chi connectivity index (χ3n) is 5.48. The standard InChI is InChI=1S/C21H31N5O4/c1-21(2,3)15-19(27)24-12-10-23(11-13-24)17-5-4-16(14-18(17)26(29)30)20(28)25-8-6-22-7-9-25/h4-5,14,22H,6-13,15H2,1-3H3. The van der Waals surface area contributed by atoms with Crippen LogP contribution in [0.5, 0.6) is 0 Å². The van der Waals surface area contributed by atoms with Crippen molar-refractivity contribution in [2.24, 2.45) is 5.41 Å². The van der Waals surface area contributed by atoms with Gasteiger partial charge in [-0.05, 0) is 17.5 Å². The van der Waals surface area contributed by atoms with E-state index < -0.39 is 4.92 Å². The summed E-state index contributed by atoms with van der Waals surface area (Å²) in [5, 5.41) is 14.9. The number of nitrogens with zero attached hydrogens (tertiary/aromatic N) is 4. The average Bonchev–Trinajstić information content (AvgIpc) is 2.72. The summed E-state index contributed by atoms with van der Waals surface area (Å²) in [6.45, 7) is 10.9. The molecule has 2 aliphatic rings. The fourth-order valence-electron chi connectivity index (χ4n) is 3.88. The number of amides is 2. The van der Waals surface area contributed by atoms with Crippen LogP contribution in [0.3, 0.4) is 0 Å². The molecule has 0 spiro atoms. The highest BCUT2D eigenvalue weighted by molar-refractivity contribution is 5.96. The van der Waals surface area contributed by atoms with Crippen LogP contribution in [0.25, 0.3) is 0 Å². The van der Waals surface area contributed by atoms with E-state index in [-0.39, 0.29) is 22.9 Å². The van der Waals surface area contributed by atoms with Gasteiger partial charge in [-0.15, -0.1) is 0 Å². The van der Waals surface area contributed by atoms with E-state index in [4.69, 9.17) is 0 Å². The first-order chi connectivity index (χ1) is 14.2. The molecule has 2 heterocycles. The van der Waals surface area contributed by atoms with Gasteiger partial charge in [0.2, 0.25) is 5.91 Å². The topological polar surface area (TPSA) is 99.0 Å². The van der Waals surface area contributed by atoms with Gasteiger partial charge in [-0.25, -0.2) is 0 Å². The van der Waals surface area contributed by atoms with Gasteiger partial charge in [-0.1, -0.05) is 20.8 Å². The second kappa shape index (κ2) is 8.99. The average molecular weight is 418 g/mol. The van der Waals surface area contributed by atoms with E-state index >= 15 is 0 Å². The first-order valence-electron chi connectivity index (χ1n) is 10.5. The summed E-state index contributed by atoms with van der Waals surface area (Å²) < 4.78 is 0. The number of hydrogen-bond donors (Lipinski definition) is 1. The molecule has 2 amide bonds. The molecule has 30 heavy (non-hydrogen) atoms. The number of nitrogens with one attached hydrogen (secondary N) is 1. The molecule has 1 N–H and O–H groups in total. The van der Waals surface area contributed by atoms with E-state index in [0.29, 0.717) is 56.9 Å². The maximum Gasteiger partial charge on any atom is 0.293 e. The van der Waals surface area contributed by atoms with Gasteiger partial charge in [-0.2, -0.15) is 0 Å². The molecule has 164 valence electrons. The number of hydrogen-bond acceptors (Lipinski definition) is 6. The molecular weight excluding hydrogens is 386 g/mol. The van der Waals surface area contributed by atoms with Crippen molar-refractivity contribution in [1.29, 1.82) is 0 Å². The Morgan fingerprint density at radius 2 is 1.67 bits per heavy atom. The monoisotopic (exact) mass is 417 g/mol. The Morgan fingerprint density at radius 3 is 2.23 bits per heavy atom. The summed E-state index contributed by atoms with van der Waals surface area (Å²) in [5.74, 6) is -0.0580. The second-order valence-corrected chi connectivity index (χ2v) is 9.11. The van der Waals surface area contributed by atoms with Gasteiger partial charge < -0.3 is 20.0 Å². The first kappa shape index (κ1) is 22.0. The summed E-state index contributed by atoms with van der Waals surface area (Å²) in [5.41, 5.74) is 0.705. The second-order valence-electron chi connectivity index (χ2n) is 9.11. The Balaban J connectivity index is 1.71. The maximum atomic E-state index is 12.7. The fourth-order valence-corrected chi connectivity index (χ4v) is 3.88. The van der Waals surface area contributed by atoms with Crippen LogP contribution in [0.4, 0.5) is 11.4 Å². The molecule has 2 aliphatic heterocycles. The van der Waals surface area contributed by atoms with Crippen LogP contribution in [0.15, 0.2) is 18.2 Å². The number of nitro groups is 1. The van der Waals surface area contributed by atoms with Gasteiger partial charge >= 0.3 is 0 Å². The van der Waals surface area contributed by atoms with Crippen molar-refractivity contribution in [3.8, 4) is 0 Å². The van der Waals surface area contributed by atoms with E-state index in [1.165, 1.54) is 6.07 Å². The van der Waals surface area contributed by atoms with Gasteiger partial charge in [-0.3, -0.25) is 19.7 Å². The largest absolute Gasteiger partial charge is 0.362 e. The Morgan fingerprint density at radius 1 is 1.03 bits per heavy atom. The van der Waals surface area contributed by atoms with Crippen LogP contribution in [0.2, 0.25) is 0 Å². The van der Waals surface area contributed by atoms with E-state index in [9.17, 15) is 19.7 Å².